The van der Waals surface area contributed by atoms with Crippen molar-refractivity contribution in [3.05, 3.63) is 73.1 Å². The summed E-state index contributed by atoms with van der Waals surface area (Å²) in [5, 5.41) is 35.3. The Morgan fingerprint density at radius 1 is 1.11 bits per heavy atom. The van der Waals surface area contributed by atoms with Gasteiger partial charge in [-0.05, 0) is 24.3 Å². The van der Waals surface area contributed by atoms with Crippen molar-refractivity contribution < 1.29 is 19.7 Å². The number of nitro benzene ring substituents is 2. The van der Waals surface area contributed by atoms with Crippen LogP contribution in [-0.4, -0.2) is 27.1 Å². The SMILES string of the molecule is O=C(N/N=C/c1ccc(O)c([N+](=O)[O-])c1)c1cc2cc([N+](=O)[O-])ccc2s1. The lowest BCUT2D eigenvalue weighted by Crippen LogP contribution is -2.16. The fourth-order valence-electron chi connectivity index (χ4n) is 2.24. The number of hydrogen-bond acceptors (Lipinski definition) is 8. The molecule has 0 saturated carbocycles. The highest BCUT2D eigenvalue weighted by Crippen LogP contribution is 2.29. The number of thiophene rings is 1. The first-order valence-corrected chi connectivity index (χ1v) is 8.15. The van der Waals surface area contributed by atoms with Gasteiger partial charge in [0.25, 0.3) is 11.6 Å². The zero-order valence-corrected chi connectivity index (χ0v) is 14.2. The average molecular weight is 386 g/mol. The summed E-state index contributed by atoms with van der Waals surface area (Å²) in [5.74, 6) is -0.996. The van der Waals surface area contributed by atoms with Gasteiger partial charge in [-0.1, -0.05) is 0 Å². The number of phenolic OH excluding ortho intramolecular Hbond substituents is 1. The molecule has 11 heteroatoms. The van der Waals surface area contributed by atoms with E-state index in [1.54, 1.807) is 6.07 Å². The standard InChI is InChI=1S/C16H10N4O6S/c21-13-3-1-9(5-12(13)20(25)26)8-17-18-16(22)15-7-10-6-11(19(23)24)2-4-14(10)27-15/h1-8,21H,(H,18,22)/b17-8+. The molecule has 0 unspecified atom stereocenters. The predicted octanol–water partition coefficient (Wildman–Crippen LogP) is 3.19. The summed E-state index contributed by atoms with van der Waals surface area (Å²) in [6, 6.07) is 9.48. The first kappa shape index (κ1) is 17.9. The Hall–Kier alpha value is -3.86. The van der Waals surface area contributed by atoms with E-state index < -0.39 is 27.2 Å². The molecule has 0 atom stereocenters. The number of nitro groups is 2. The topological polar surface area (TPSA) is 148 Å². The highest BCUT2D eigenvalue weighted by molar-refractivity contribution is 7.20. The van der Waals surface area contributed by atoms with Crippen LogP contribution in [0.3, 0.4) is 0 Å². The number of aromatic hydroxyl groups is 1. The quantitative estimate of drug-likeness (QED) is 0.391. The number of fused-ring (bicyclic) bond motifs is 1. The van der Waals surface area contributed by atoms with Gasteiger partial charge in [0, 0.05) is 33.8 Å². The molecule has 1 aromatic heterocycles. The molecular formula is C16H10N4O6S. The van der Waals surface area contributed by atoms with Crippen molar-refractivity contribution in [1.29, 1.82) is 0 Å². The van der Waals surface area contributed by atoms with Crippen LogP contribution < -0.4 is 5.43 Å². The molecule has 0 spiro atoms. The maximum absolute atomic E-state index is 12.2. The van der Waals surface area contributed by atoms with E-state index in [4.69, 9.17) is 0 Å². The Morgan fingerprint density at radius 3 is 2.59 bits per heavy atom. The van der Waals surface area contributed by atoms with Gasteiger partial charge in [-0.15, -0.1) is 11.3 Å². The average Bonchev–Trinajstić information content (AvgIpc) is 3.06. The zero-order chi connectivity index (χ0) is 19.6. The molecule has 3 rings (SSSR count). The number of phenols is 1. The second-order valence-electron chi connectivity index (χ2n) is 5.29. The molecule has 0 saturated heterocycles. The van der Waals surface area contributed by atoms with Gasteiger partial charge in [-0.25, -0.2) is 5.43 Å². The van der Waals surface area contributed by atoms with Gasteiger partial charge in [0.05, 0.1) is 20.9 Å². The number of rotatable bonds is 5. The van der Waals surface area contributed by atoms with Crippen LogP contribution in [0, 0.1) is 20.2 Å². The smallest absolute Gasteiger partial charge is 0.311 e. The zero-order valence-electron chi connectivity index (χ0n) is 13.4. The van der Waals surface area contributed by atoms with E-state index in [9.17, 15) is 30.1 Å². The van der Waals surface area contributed by atoms with Crippen molar-refractivity contribution in [2.45, 2.75) is 0 Å². The minimum absolute atomic E-state index is 0.0702. The lowest BCUT2D eigenvalue weighted by molar-refractivity contribution is -0.385. The van der Waals surface area contributed by atoms with Crippen LogP contribution in [-0.2, 0) is 0 Å². The molecule has 1 amide bonds. The molecule has 0 radical (unpaired) electrons. The van der Waals surface area contributed by atoms with E-state index in [0.717, 1.165) is 23.5 Å². The molecule has 10 nitrogen and oxygen atoms in total. The monoisotopic (exact) mass is 386 g/mol. The number of amides is 1. The van der Waals surface area contributed by atoms with Gasteiger partial charge < -0.3 is 5.11 Å². The van der Waals surface area contributed by atoms with Crippen LogP contribution >= 0.6 is 11.3 Å². The highest BCUT2D eigenvalue weighted by atomic mass is 32.1. The minimum atomic E-state index is -0.734. The lowest BCUT2D eigenvalue weighted by Gasteiger charge is -1.98. The van der Waals surface area contributed by atoms with Crippen LogP contribution in [0.4, 0.5) is 11.4 Å². The summed E-state index contributed by atoms with van der Waals surface area (Å²) in [5.41, 5.74) is 2.05. The number of hydrogen-bond donors (Lipinski definition) is 2. The van der Waals surface area contributed by atoms with E-state index in [0.29, 0.717) is 20.5 Å². The number of hydrazone groups is 1. The van der Waals surface area contributed by atoms with Crippen LogP contribution in [0.25, 0.3) is 10.1 Å². The number of benzene rings is 2. The number of nitrogens with one attached hydrogen (secondary N) is 1. The van der Waals surface area contributed by atoms with Gasteiger partial charge in [-0.2, -0.15) is 5.10 Å². The molecule has 0 aliphatic carbocycles. The fraction of sp³-hybridized carbons (Fsp3) is 0. The maximum Gasteiger partial charge on any atom is 0.311 e. The Balaban J connectivity index is 1.75. The van der Waals surface area contributed by atoms with E-state index in [1.165, 1.54) is 30.5 Å². The first-order chi connectivity index (χ1) is 12.8. The molecule has 136 valence electrons. The third-order valence-electron chi connectivity index (χ3n) is 3.51. The van der Waals surface area contributed by atoms with E-state index in [2.05, 4.69) is 10.5 Å². The molecule has 0 fully saturated rings. The summed E-state index contributed by atoms with van der Waals surface area (Å²) < 4.78 is 0.712. The summed E-state index contributed by atoms with van der Waals surface area (Å²) in [7, 11) is 0. The van der Waals surface area contributed by atoms with Gasteiger partial charge in [0.1, 0.15) is 0 Å². The Kier molecular flexibility index (Phi) is 4.77. The number of carbonyl (C=O) groups is 1. The third-order valence-corrected chi connectivity index (χ3v) is 4.63. The van der Waals surface area contributed by atoms with Crippen molar-refractivity contribution in [1.82, 2.24) is 5.43 Å². The van der Waals surface area contributed by atoms with Gasteiger partial charge >= 0.3 is 5.69 Å². The largest absolute Gasteiger partial charge is 0.502 e. The minimum Gasteiger partial charge on any atom is -0.502 e. The normalized spacial score (nSPS) is 11.0. The predicted molar refractivity (Wildman–Crippen MR) is 98.3 cm³/mol. The molecule has 2 aromatic carbocycles. The van der Waals surface area contributed by atoms with Crippen molar-refractivity contribution in [3.63, 3.8) is 0 Å². The maximum atomic E-state index is 12.2. The van der Waals surface area contributed by atoms with Gasteiger partial charge in [0.15, 0.2) is 5.75 Å². The second-order valence-corrected chi connectivity index (χ2v) is 6.38. The van der Waals surface area contributed by atoms with Crippen LogP contribution in [0.5, 0.6) is 5.75 Å². The van der Waals surface area contributed by atoms with Crippen molar-refractivity contribution in [2.24, 2.45) is 5.10 Å². The molecule has 1 heterocycles. The molecule has 0 bridgehead atoms. The fourth-order valence-corrected chi connectivity index (χ4v) is 3.18. The van der Waals surface area contributed by atoms with Gasteiger partial charge in [-0.3, -0.25) is 25.0 Å². The Labute approximate surface area is 154 Å². The van der Waals surface area contributed by atoms with Crippen LogP contribution in [0.2, 0.25) is 0 Å². The van der Waals surface area contributed by atoms with Crippen LogP contribution in [0.15, 0.2) is 47.6 Å². The van der Waals surface area contributed by atoms with Crippen LogP contribution in [0.1, 0.15) is 15.2 Å². The number of carbonyl (C=O) groups excluding carboxylic acids is 1. The summed E-state index contributed by atoms with van der Waals surface area (Å²) in [6.07, 6.45) is 1.20. The van der Waals surface area contributed by atoms with Crippen molar-refractivity contribution in [2.75, 3.05) is 0 Å². The number of nitrogens with zero attached hydrogens (tertiary/aromatic N) is 3. The van der Waals surface area contributed by atoms with E-state index >= 15 is 0 Å². The Bertz CT molecular complexity index is 1110. The highest BCUT2D eigenvalue weighted by Gasteiger charge is 2.14. The molecular weight excluding hydrogens is 376 g/mol. The summed E-state index contributed by atoms with van der Waals surface area (Å²) in [6.45, 7) is 0. The van der Waals surface area contributed by atoms with E-state index in [-0.39, 0.29) is 5.69 Å². The second kappa shape index (κ2) is 7.17. The van der Waals surface area contributed by atoms with Gasteiger partial charge in [0.2, 0.25) is 0 Å². The summed E-state index contributed by atoms with van der Waals surface area (Å²) in [4.78, 5) is 32.8. The molecule has 0 aliphatic rings. The van der Waals surface area contributed by atoms with Crippen molar-refractivity contribution in [3.8, 4) is 5.75 Å². The lowest BCUT2D eigenvalue weighted by atomic mass is 10.2. The third kappa shape index (κ3) is 3.88. The molecule has 2 N–H and O–H groups in total. The molecule has 0 aliphatic heterocycles. The molecule has 3 aromatic rings. The Morgan fingerprint density at radius 2 is 1.89 bits per heavy atom. The first-order valence-electron chi connectivity index (χ1n) is 7.34. The molecule has 27 heavy (non-hydrogen) atoms. The van der Waals surface area contributed by atoms with E-state index in [1.807, 2.05) is 0 Å². The number of non-ortho nitro benzene ring substituents is 1. The van der Waals surface area contributed by atoms with Crippen molar-refractivity contribution >= 4 is 44.9 Å². The summed E-state index contributed by atoms with van der Waals surface area (Å²) >= 11 is 1.15.